The predicted octanol–water partition coefficient (Wildman–Crippen LogP) is 3.18. The van der Waals surface area contributed by atoms with Gasteiger partial charge in [-0.2, -0.15) is 0 Å². The Hall–Kier alpha value is -1.26. The Balaban J connectivity index is 2.15. The fourth-order valence-electron chi connectivity index (χ4n) is 1.73. The van der Waals surface area contributed by atoms with Crippen molar-refractivity contribution in [2.75, 3.05) is 0 Å². The average molecular weight is 251 g/mol. The number of aliphatic hydroxyl groups is 1. The van der Waals surface area contributed by atoms with E-state index in [0.717, 1.165) is 21.0 Å². The maximum Gasteiger partial charge on any atom is 0.123 e. The van der Waals surface area contributed by atoms with Crippen molar-refractivity contribution in [3.63, 3.8) is 0 Å². The fraction of sp³-hybridized carbons (Fsp3) is 0.308. The molecule has 2 aromatic rings. The zero-order chi connectivity index (χ0) is 12.4. The molecule has 1 N–H and O–H groups in total. The summed E-state index contributed by atoms with van der Waals surface area (Å²) < 4.78 is 12.9. The molecule has 0 bridgehead atoms. The van der Waals surface area contributed by atoms with Gasteiger partial charge in [0.05, 0.1) is 16.0 Å². The van der Waals surface area contributed by atoms with Crippen LogP contribution in [0.4, 0.5) is 4.39 Å². The number of thiazole rings is 1. The number of hydrogen-bond donors (Lipinski definition) is 1. The normalized spacial score (nSPS) is 12.7. The molecule has 0 spiro atoms. The van der Waals surface area contributed by atoms with Gasteiger partial charge in [0.25, 0.3) is 0 Å². The van der Waals surface area contributed by atoms with Gasteiger partial charge in [-0.05, 0) is 37.1 Å². The zero-order valence-corrected chi connectivity index (χ0v) is 10.6. The lowest BCUT2D eigenvalue weighted by molar-refractivity contribution is 0.182. The fourth-order valence-corrected chi connectivity index (χ4v) is 2.50. The molecule has 0 fully saturated rings. The standard InChI is InChI=1S/C13H14FNOS/c1-8-5-11(14)4-3-10(8)6-12(16)13-7-15-9(2)17-13/h3-5,7,12,16H,6H2,1-2H3. The highest BCUT2D eigenvalue weighted by Crippen LogP contribution is 2.25. The summed E-state index contributed by atoms with van der Waals surface area (Å²) >= 11 is 1.49. The van der Waals surface area contributed by atoms with E-state index in [9.17, 15) is 9.50 Å². The van der Waals surface area contributed by atoms with Crippen LogP contribution in [0.2, 0.25) is 0 Å². The second-order valence-corrected chi connectivity index (χ2v) is 5.34. The molecule has 0 radical (unpaired) electrons. The second-order valence-electron chi connectivity index (χ2n) is 4.07. The number of aliphatic hydroxyl groups excluding tert-OH is 1. The second kappa shape index (κ2) is 4.94. The number of aryl methyl sites for hydroxylation is 2. The smallest absolute Gasteiger partial charge is 0.123 e. The van der Waals surface area contributed by atoms with Crippen LogP contribution in [0.15, 0.2) is 24.4 Å². The summed E-state index contributed by atoms with van der Waals surface area (Å²) in [6.07, 6.45) is 1.63. The summed E-state index contributed by atoms with van der Waals surface area (Å²) in [7, 11) is 0. The molecule has 1 atom stereocenters. The summed E-state index contributed by atoms with van der Waals surface area (Å²) in [6.45, 7) is 3.76. The van der Waals surface area contributed by atoms with Gasteiger partial charge in [-0.3, -0.25) is 0 Å². The highest BCUT2D eigenvalue weighted by Gasteiger charge is 2.13. The van der Waals surface area contributed by atoms with Crippen molar-refractivity contribution in [1.82, 2.24) is 4.98 Å². The van der Waals surface area contributed by atoms with Gasteiger partial charge in [0.15, 0.2) is 0 Å². The topological polar surface area (TPSA) is 33.1 Å². The quantitative estimate of drug-likeness (QED) is 0.909. The Morgan fingerprint density at radius 1 is 1.41 bits per heavy atom. The maximum absolute atomic E-state index is 12.9. The van der Waals surface area contributed by atoms with E-state index in [1.54, 1.807) is 12.3 Å². The lowest BCUT2D eigenvalue weighted by Crippen LogP contribution is -2.01. The minimum Gasteiger partial charge on any atom is -0.387 e. The summed E-state index contributed by atoms with van der Waals surface area (Å²) in [5.74, 6) is -0.241. The molecule has 4 heteroatoms. The van der Waals surface area contributed by atoms with Gasteiger partial charge < -0.3 is 5.11 Å². The minimum atomic E-state index is -0.564. The Morgan fingerprint density at radius 3 is 2.76 bits per heavy atom. The number of benzene rings is 1. The monoisotopic (exact) mass is 251 g/mol. The molecule has 0 aliphatic heterocycles. The van der Waals surface area contributed by atoms with Crippen LogP contribution >= 0.6 is 11.3 Å². The van der Waals surface area contributed by atoms with Crippen molar-refractivity contribution >= 4 is 11.3 Å². The summed E-state index contributed by atoms with van der Waals surface area (Å²) in [4.78, 5) is 4.97. The van der Waals surface area contributed by atoms with E-state index in [0.29, 0.717) is 6.42 Å². The third kappa shape index (κ3) is 2.90. The van der Waals surface area contributed by atoms with Crippen LogP contribution in [0.1, 0.15) is 27.1 Å². The van der Waals surface area contributed by atoms with Crippen molar-refractivity contribution in [3.8, 4) is 0 Å². The van der Waals surface area contributed by atoms with Gasteiger partial charge in [0, 0.05) is 12.6 Å². The predicted molar refractivity (Wildman–Crippen MR) is 66.7 cm³/mol. The largest absolute Gasteiger partial charge is 0.387 e. The van der Waals surface area contributed by atoms with Crippen molar-refractivity contribution in [1.29, 1.82) is 0 Å². The molecule has 1 aromatic heterocycles. The first-order chi connectivity index (χ1) is 8.06. The molecular weight excluding hydrogens is 237 g/mol. The van der Waals surface area contributed by atoms with Crippen molar-refractivity contribution in [2.24, 2.45) is 0 Å². The zero-order valence-electron chi connectivity index (χ0n) is 9.77. The first-order valence-corrected chi connectivity index (χ1v) is 6.23. The molecule has 0 aliphatic rings. The third-order valence-electron chi connectivity index (χ3n) is 2.69. The number of rotatable bonds is 3. The highest BCUT2D eigenvalue weighted by molar-refractivity contribution is 7.11. The van der Waals surface area contributed by atoms with Gasteiger partial charge >= 0.3 is 0 Å². The molecular formula is C13H14FNOS. The Kier molecular flexibility index (Phi) is 3.54. The summed E-state index contributed by atoms with van der Waals surface area (Å²) in [5, 5.41) is 11.0. The molecule has 2 nitrogen and oxygen atoms in total. The van der Waals surface area contributed by atoms with Crippen molar-refractivity contribution in [2.45, 2.75) is 26.4 Å². The van der Waals surface area contributed by atoms with Gasteiger partial charge in [-0.15, -0.1) is 11.3 Å². The van der Waals surface area contributed by atoms with E-state index in [1.807, 2.05) is 13.8 Å². The molecule has 0 aliphatic carbocycles. The van der Waals surface area contributed by atoms with Crippen LogP contribution < -0.4 is 0 Å². The van der Waals surface area contributed by atoms with E-state index < -0.39 is 6.10 Å². The van der Waals surface area contributed by atoms with Crippen molar-refractivity contribution < 1.29 is 9.50 Å². The minimum absolute atomic E-state index is 0.241. The number of hydrogen-bond acceptors (Lipinski definition) is 3. The lowest BCUT2D eigenvalue weighted by atomic mass is 10.0. The summed E-state index contributed by atoms with van der Waals surface area (Å²) in [6, 6.07) is 4.63. The molecule has 0 amide bonds. The Morgan fingerprint density at radius 2 is 2.18 bits per heavy atom. The molecule has 0 saturated carbocycles. The Bertz CT molecular complexity index is 524. The van der Waals surface area contributed by atoms with Crippen LogP contribution in [0, 0.1) is 19.7 Å². The molecule has 0 saturated heterocycles. The van der Waals surface area contributed by atoms with Gasteiger partial charge in [0.2, 0.25) is 0 Å². The van der Waals surface area contributed by atoms with Crippen LogP contribution in [0.25, 0.3) is 0 Å². The maximum atomic E-state index is 12.9. The first kappa shape index (κ1) is 12.2. The number of halogens is 1. The molecule has 2 rings (SSSR count). The molecule has 17 heavy (non-hydrogen) atoms. The van der Waals surface area contributed by atoms with Crippen LogP contribution in [0.5, 0.6) is 0 Å². The highest BCUT2D eigenvalue weighted by atomic mass is 32.1. The molecule has 1 heterocycles. The Labute approximate surface area is 104 Å². The van der Waals surface area contributed by atoms with E-state index >= 15 is 0 Å². The molecule has 1 unspecified atom stereocenters. The number of nitrogens with zero attached hydrogens (tertiary/aromatic N) is 1. The molecule has 90 valence electrons. The van der Waals surface area contributed by atoms with Crippen molar-refractivity contribution in [3.05, 3.63) is 51.2 Å². The van der Waals surface area contributed by atoms with Gasteiger partial charge in [-0.1, -0.05) is 6.07 Å². The van der Waals surface area contributed by atoms with Gasteiger partial charge in [-0.25, -0.2) is 9.37 Å². The molecule has 1 aromatic carbocycles. The lowest BCUT2D eigenvalue weighted by Gasteiger charge is -2.10. The average Bonchev–Trinajstić information content (AvgIpc) is 2.69. The SMILES string of the molecule is Cc1ncc(C(O)Cc2ccc(F)cc2C)s1. The van der Waals surface area contributed by atoms with E-state index in [4.69, 9.17) is 0 Å². The van der Waals surface area contributed by atoms with Crippen LogP contribution in [0.3, 0.4) is 0 Å². The van der Waals surface area contributed by atoms with Gasteiger partial charge in [0.1, 0.15) is 5.82 Å². The third-order valence-corrected chi connectivity index (χ3v) is 3.70. The first-order valence-electron chi connectivity index (χ1n) is 5.41. The van der Waals surface area contributed by atoms with Crippen LogP contribution in [-0.4, -0.2) is 10.1 Å². The van der Waals surface area contributed by atoms with E-state index in [2.05, 4.69) is 4.98 Å². The number of aromatic nitrogens is 1. The van der Waals surface area contributed by atoms with E-state index in [1.165, 1.54) is 23.5 Å². The summed E-state index contributed by atoms with van der Waals surface area (Å²) in [5.41, 5.74) is 1.83. The van der Waals surface area contributed by atoms with E-state index in [-0.39, 0.29) is 5.82 Å². The van der Waals surface area contributed by atoms with Crippen LogP contribution in [-0.2, 0) is 6.42 Å².